The number of nitrogens with zero attached hydrogens (tertiary/aromatic N) is 8. The van der Waals surface area contributed by atoms with Crippen LogP contribution in [0.3, 0.4) is 0 Å². The number of phenols is 4. The molecule has 0 spiro atoms. The van der Waals surface area contributed by atoms with Crippen LogP contribution in [0.2, 0.25) is 0 Å². The number of aromatic hydroxyl groups is 4. The van der Waals surface area contributed by atoms with Gasteiger partial charge in [0.25, 0.3) is 11.4 Å². The van der Waals surface area contributed by atoms with Crippen LogP contribution in [-0.4, -0.2) is 56.5 Å². The molecule has 0 bridgehead atoms. The van der Waals surface area contributed by atoms with E-state index in [4.69, 9.17) is 0 Å². The maximum Gasteiger partial charge on any atom is 0.271 e. The smallest absolute Gasteiger partial charge is 0.271 e. The van der Waals surface area contributed by atoms with E-state index in [1.54, 1.807) is 48.6 Å². The van der Waals surface area contributed by atoms with Crippen LogP contribution in [0.15, 0.2) is 143 Å². The van der Waals surface area contributed by atoms with Gasteiger partial charge in [0.1, 0.15) is 45.7 Å². The minimum Gasteiger partial charge on any atom is -0.506 e. The van der Waals surface area contributed by atoms with Crippen molar-refractivity contribution in [2.45, 2.75) is 13.8 Å². The number of non-ortho nitro benzene ring substituents is 2. The molecule has 0 amide bonds. The molecule has 0 heterocycles. The first-order valence-electron chi connectivity index (χ1n) is 16.3. The van der Waals surface area contributed by atoms with Crippen LogP contribution in [0.1, 0.15) is 13.8 Å². The summed E-state index contributed by atoms with van der Waals surface area (Å²) in [6, 6.07) is 16.7. The molecular formula is C38H40CoN8O8. The second-order valence-corrected chi connectivity index (χ2v) is 11.1. The van der Waals surface area contributed by atoms with Crippen molar-refractivity contribution in [2.24, 2.45) is 20.5 Å². The van der Waals surface area contributed by atoms with Crippen molar-refractivity contribution in [1.29, 1.82) is 0 Å². The summed E-state index contributed by atoms with van der Waals surface area (Å²) >= 11 is 0. The topological polar surface area (TPSA) is 223 Å². The molecule has 0 saturated heterocycles. The number of phenolic OH excluding ortho intramolecular Hbond substituents is 4. The molecule has 0 aliphatic heterocycles. The molecule has 4 rings (SSSR count). The van der Waals surface area contributed by atoms with Crippen molar-refractivity contribution < 1.29 is 47.1 Å². The number of nitro benzene ring substituents is 2. The maximum atomic E-state index is 10.8. The first kappa shape index (κ1) is 44.3. The van der Waals surface area contributed by atoms with E-state index < -0.39 is 9.85 Å². The summed E-state index contributed by atoms with van der Waals surface area (Å²) in [7, 11) is 0. The molecule has 4 aromatic rings. The summed E-state index contributed by atoms with van der Waals surface area (Å²) in [6.45, 7) is 13.8. The summed E-state index contributed by atoms with van der Waals surface area (Å²) in [5.41, 5.74) is 1.35. The van der Waals surface area contributed by atoms with Crippen molar-refractivity contribution in [3.63, 3.8) is 0 Å². The SMILES string of the molecule is C=CCN(C/C=C\C)c1ccc(N=Nc2cc([N+](=O)[O-])ccc2O)c(O)c1.C=CCN(C/C=C\C)c1ccc(N=Nc2cc([N+](=O)[O-])ccc2O)c(O)c1.[Co]. The summed E-state index contributed by atoms with van der Waals surface area (Å²) in [5, 5.41) is 77.0. The quantitative estimate of drug-likeness (QED) is 0.0363. The summed E-state index contributed by atoms with van der Waals surface area (Å²) in [4.78, 5) is 24.4. The summed E-state index contributed by atoms with van der Waals surface area (Å²) in [5.74, 6) is -0.695. The molecule has 0 atom stereocenters. The molecule has 0 aliphatic rings. The Balaban J connectivity index is 0.000000373. The third kappa shape index (κ3) is 13.3. The number of rotatable bonds is 16. The van der Waals surface area contributed by atoms with Crippen molar-refractivity contribution in [1.82, 2.24) is 0 Å². The van der Waals surface area contributed by atoms with Crippen LogP contribution in [-0.2, 0) is 16.8 Å². The number of azo groups is 2. The summed E-state index contributed by atoms with van der Waals surface area (Å²) in [6.07, 6.45) is 11.4. The molecule has 0 aromatic heterocycles. The van der Waals surface area contributed by atoms with Gasteiger partial charge >= 0.3 is 0 Å². The monoisotopic (exact) mass is 795 g/mol. The van der Waals surface area contributed by atoms with Crippen molar-refractivity contribution >= 4 is 45.5 Å². The van der Waals surface area contributed by atoms with Crippen LogP contribution >= 0.6 is 0 Å². The van der Waals surface area contributed by atoms with E-state index in [9.17, 15) is 40.7 Å². The Morgan fingerprint density at radius 1 is 0.564 bits per heavy atom. The number of hydrogen-bond donors (Lipinski definition) is 4. The van der Waals surface area contributed by atoms with Crippen molar-refractivity contribution in [3.8, 4) is 23.0 Å². The van der Waals surface area contributed by atoms with Gasteiger partial charge in [-0.2, -0.15) is 0 Å². The van der Waals surface area contributed by atoms with Gasteiger partial charge in [-0.15, -0.1) is 33.6 Å². The van der Waals surface area contributed by atoms with Crippen LogP contribution in [0.25, 0.3) is 0 Å². The van der Waals surface area contributed by atoms with Gasteiger partial charge in [0.2, 0.25) is 0 Å². The van der Waals surface area contributed by atoms with Gasteiger partial charge in [-0.05, 0) is 50.2 Å². The third-order valence-corrected chi connectivity index (χ3v) is 7.34. The second kappa shape index (κ2) is 22.3. The van der Waals surface area contributed by atoms with Gasteiger partial charge < -0.3 is 30.2 Å². The predicted molar refractivity (Wildman–Crippen MR) is 209 cm³/mol. The maximum absolute atomic E-state index is 10.8. The second-order valence-electron chi connectivity index (χ2n) is 11.1. The molecular weight excluding hydrogens is 755 g/mol. The van der Waals surface area contributed by atoms with E-state index in [0.717, 1.165) is 23.5 Å². The zero-order valence-corrected chi connectivity index (χ0v) is 31.0. The van der Waals surface area contributed by atoms with Crippen LogP contribution in [0.4, 0.5) is 45.5 Å². The van der Waals surface area contributed by atoms with E-state index >= 15 is 0 Å². The van der Waals surface area contributed by atoms with Crippen LogP contribution < -0.4 is 9.80 Å². The number of benzene rings is 4. The molecule has 0 fully saturated rings. The van der Waals surface area contributed by atoms with Gasteiger partial charge in [-0.3, -0.25) is 20.2 Å². The van der Waals surface area contributed by atoms with Crippen LogP contribution in [0, 0.1) is 20.2 Å². The molecule has 17 heteroatoms. The van der Waals surface area contributed by atoms with E-state index in [1.165, 1.54) is 24.3 Å². The standard InChI is InChI=1S/2C19H20N4O4.Co/c2*1-3-5-11-22(10-4-2)14-6-8-16(19(25)13-14)20-21-17-12-15(23(26)27)7-9-18(17)24;/h2*3-9,12-13,24-25H,2,10-11H2,1H3;/b2*5-3-,21-20?;. The zero-order chi connectivity index (χ0) is 39.6. The molecule has 0 saturated carbocycles. The van der Waals surface area contributed by atoms with Gasteiger partial charge in [0.15, 0.2) is 0 Å². The first-order valence-corrected chi connectivity index (χ1v) is 16.3. The largest absolute Gasteiger partial charge is 0.506 e. The fraction of sp³-hybridized carbons (Fsp3) is 0.158. The first-order chi connectivity index (χ1) is 25.9. The average molecular weight is 796 g/mol. The van der Waals surface area contributed by atoms with Crippen molar-refractivity contribution in [3.05, 3.63) is 143 Å². The minimum absolute atomic E-state index is 0. The normalized spacial score (nSPS) is 10.9. The molecule has 0 aliphatic carbocycles. The van der Waals surface area contributed by atoms with E-state index in [2.05, 4.69) is 33.6 Å². The molecule has 0 unspecified atom stereocenters. The van der Waals surface area contributed by atoms with Gasteiger partial charge in [-0.25, -0.2) is 0 Å². The Labute approximate surface area is 327 Å². The van der Waals surface area contributed by atoms with Crippen LogP contribution in [0.5, 0.6) is 23.0 Å². The number of nitro groups is 2. The molecule has 289 valence electrons. The third-order valence-electron chi connectivity index (χ3n) is 7.34. The Morgan fingerprint density at radius 3 is 1.24 bits per heavy atom. The van der Waals surface area contributed by atoms with E-state index in [0.29, 0.717) is 26.2 Å². The van der Waals surface area contributed by atoms with Crippen molar-refractivity contribution in [2.75, 3.05) is 36.0 Å². The summed E-state index contributed by atoms with van der Waals surface area (Å²) < 4.78 is 0. The Hall–Kier alpha value is -6.85. The van der Waals surface area contributed by atoms with Gasteiger partial charge in [0.05, 0.1) is 9.85 Å². The Morgan fingerprint density at radius 2 is 0.927 bits per heavy atom. The zero-order valence-electron chi connectivity index (χ0n) is 30.0. The number of anilines is 2. The minimum atomic E-state index is -0.594. The fourth-order valence-electron chi connectivity index (χ4n) is 4.56. The predicted octanol–water partition coefficient (Wildman–Crippen LogP) is 9.98. The Kier molecular flexibility index (Phi) is 17.9. The molecule has 16 nitrogen and oxygen atoms in total. The molecule has 4 aromatic carbocycles. The van der Waals surface area contributed by atoms with Gasteiger partial charge in [-0.1, -0.05) is 36.5 Å². The Bertz CT molecular complexity index is 1940. The molecule has 1 radical (unpaired) electrons. The number of hydrogen-bond acceptors (Lipinski definition) is 14. The molecule has 4 N–H and O–H groups in total. The fourth-order valence-corrected chi connectivity index (χ4v) is 4.56. The molecule has 55 heavy (non-hydrogen) atoms. The van der Waals surface area contributed by atoms with E-state index in [1.807, 2.05) is 48.0 Å². The average Bonchev–Trinajstić information content (AvgIpc) is 3.15. The number of allylic oxidation sites excluding steroid dienone is 2. The van der Waals surface area contributed by atoms with Gasteiger partial charge in [0, 0.05) is 90.7 Å². The van der Waals surface area contributed by atoms with E-state index in [-0.39, 0.29) is 73.9 Å².